The lowest BCUT2D eigenvalue weighted by atomic mass is 10.0. The second kappa shape index (κ2) is 7.03. The molecular formula is C18H27NO3. The summed E-state index contributed by atoms with van der Waals surface area (Å²) in [7, 11) is 0. The van der Waals surface area contributed by atoms with Gasteiger partial charge in [0.25, 0.3) is 0 Å². The lowest BCUT2D eigenvalue weighted by Gasteiger charge is -2.32. The number of aromatic hydroxyl groups is 1. The van der Waals surface area contributed by atoms with Crippen molar-refractivity contribution in [2.45, 2.75) is 64.5 Å². The third kappa shape index (κ3) is 4.93. The summed E-state index contributed by atoms with van der Waals surface area (Å²) in [5, 5.41) is 9.39. The SMILES string of the molecule is CC(C)(C)OC(=O)N1CCCCCC1Cc1ccc(O)cc1. The maximum absolute atomic E-state index is 12.5. The van der Waals surface area contributed by atoms with E-state index in [-0.39, 0.29) is 17.9 Å². The van der Waals surface area contributed by atoms with E-state index >= 15 is 0 Å². The minimum atomic E-state index is -0.466. The van der Waals surface area contributed by atoms with Gasteiger partial charge in [0.2, 0.25) is 0 Å². The van der Waals surface area contributed by atoms with Gasteiger partial charge in [-0.3, -0.25) is 0 Å². The Morgan fingerprint density at radius 2 is 1.91 bits per heavy atom. The number of likely N-dealkylation sites (tertiary alicyclic amines) is 1. The molecule has 1 aromatic carbocycles. The molecule has 1 unspecified atom stereocenters. The highest BCUT2D eigenvalue weighted by molar-refractivity contribution is 5.68. The summed E-state index contributed by atoms with van der Waals surface area (Å²) in [6.45, 7) is 6.46. The van der Waals surface area contributed by atoms with Gasteiger partial charge in [0, 0.05) is 12.6 Å². The second-order valence-corrected chi connectivity index (χ2v) is 7.05. The van der Waals surface area contributed by atoms with E-state index in [9.17, 15) is 9.90 Å². The Morgan fingerprint density at radius 1 is 1.23 bits per heavy atom. The predicted octanol–water partition coefficient (Wildman–Crippen LogP) is 4.11. The van der Waals surface area contributed by atoms with Crippen LogP contribution in [0.15, 0.2) is 24.3 Å². The number of phenolic OH excluding ortho intramolecular Hbond substituents is 1. The summed E-state index contributed by atoms with van der Waals surface area (Å²) >= 11 is 0. The number of carbonyl (C=O) groups is 1. The highest BCUT2D eigenvalue weighted by Gasteiger charge is 2.29. The molecule has 1 fully saturated rings. The van der Waals surface area contributed by atoms with Crippen LogP contribution in [0.2, 0.25) is 0 Å². The number of hydrogen-bond donors (Lipinski definition) is 1. The number of benzene rings is 1. The van der Waals surface area contributed by atoms with Gasteiger partial charge in [-0.2, -0.15) is 0 Å². The van der Waals surface area contributed by atoms with Crippen LogP contribution in [0.4, 0.5) is 4.79 Å². The van der Waals surface area contributed by atoms with Crippen molar-refractivity contribution in [3.63, 3.8) is 0 Å². The van der Waals surface area contributed by atoms with Crippen LogP contribution in [0.5, 0.6) is 5.75 Å². The molecule has 0 radical (unpaired) electrons. The van der Waals surface area contributed by atoms with Gasteiger partial charge in [0.1, 0.15) is 11.4 Å². The van der Waals surface area contributed by atoms with Crippen molar-refractivity contribution < 1.29 is 14.6 Å². The van der Waals surface area contributed by atoms with Crippen molar-refractivity contribution in [2.24, 2.45) is 0 Å². The number of ether oxygens (including phenoxy) is 1. The Labute approximate surface area is 133 Å². The highest BCUT2D eigenvalue weighted by atomic mass is 16.6. The quantitative estimate of drug-likeness (QED) is 0.894. The summed E-state index contributed by atoms with van der Waals surface area (Å²) in [6, 6.07) is 7.41. The Bertz CT molecular complexity index is 490. The molecule has 1 heterocycles. The molecule has 0 bridgehead atoms. The van der Waals surface area contributed by atoms with Crippen molar-refractivity contribution in [1.82, 2.24) is 4.90 Å². The summed E-state index contributed by atoms with van der Waals surface area (Å²) < 4.78 is 5.57. The number of carbonyl (C=O) groups excluding carboxylic acids is 1. The topological polar surface area (TPSA) is 49.8 Å². The monoisotopic (exact) mass is 305 g/mol. The fourth-order valence-corrected chi connectivity index (χ4v) is 2.85. The lowest BCUT2D eigenvalue weighted by molar-refractivity contribution is 0.0166. The van der Waals surface area contributed by atoms with Gasteiger partial charge in [-0.05, 0) is 57.7 Å². The molecule has 1 aliphatic rings. The minimum Gasteiger partial charge on any atom is -0.508 e. The molecule has 4 heteroatoms. The van der Waals surface area contributed by atoms with E-state index in [1.54, 1.807) is 12.1 Å². The molecule has 1 aliphatic heterocycles. The fourth-order valence-electron chi connectivity index (χ4n) is 2.85. The molecule has 0 aliphatic carbocycles. The zero-order chi connectivity index (χ0) is 16.2. The van der Waals surface area contributed by atoms with Gasteiger partial charge >= 0.3 is 6.09 Å². The lowest BCUT2D eigenvalue weighted by Crippen LogP contribution is -2.44. The Morgan fingerprint density at radius 3 is 2.55 bits per heavy atom. The van der Waals surface area contributed by atoms with Crippen LogP contribution in [0, 0.1) is 0 Å². The number of phenols is 1. The molecule has 122 valence electrons. The molecular weight excluding hydrogens is 278 g/mol. The van der Waals surface area contributed by atoms with Gasteiger partial charge in [0.15, 0.2) is 0 Å². The van der Waals surface area contributed by atoms with Crippen LogP contribution in [0.3, 0.4) is 0 Å². The van der Waals surface area contributed by atoms with Gasteiger partial charge in [-0.15, -0.1) is 0 Å². The first kappa shape index (κ1) is 16.7. The maximum atomic E-state index is 12.5. The molecule has 1 amide bonds. The first-order valence-corrected chi connectivity index (χ1v) is 8.13. The van der Waals surface area contributed by atoms with Crippen LogP contribution < -0.4 is 0 Å². The normalized spacial score (nSPS) is 19.6. The molecule has 1 atom stereocenters. The predicted molar refractivity (Wildman–Crippen MR) is 87.0 cm³/mol. The Balaban J connectivity index is 2.10. The van der Waals surface area contributed by atoms with Crippen LogP contribution in [-0.4, -0.2) is 34.3 Å². The largest absolute Gasteiger partial charge is 0.508 e. The summed E-state index contributed by atoms with van der Waals surface area (Å²) in [5.41, 5.74) is 0.671. The molecule has 4 nitrogen and oxygen atoms in total. The molecule has 1 N–H and O–H groups in total. The van der Waals surface area contributed by atoms with Gasteiger partial charge < -0.3 is 14.7 Å². The van der Waals surface area contributed by atoms with E-state index in [1.165, 1.54) is 0 Å². The average molecular weight is 305 g/mol. The first-order chi connectivity index (χ1) is 10.3. The van der Waals surface area contributed by atoms with E-state index in [0.717, 1.165) is 44.2 Å². The molecule has 0 aromatic heterocycles. The smallest absolute Gasteiger partial charge is 0.410 e. The summed E-state index contributed by atoms with van der Waals surface area (Å²) in [5.74, 6) is 0.272. The third-order valence-corrected chi connectivity index (χ3v) is 3.91. The number of nitrogens with zero attached hydrogens (tertiary/aromatic N) is 1. The summed E-state index contributed by atoms with van der Waals surface area (Å²) in [4.78, 5) is 14.4. The maximum Gasteiger partial charge on any atom is 0.410 e. The van der Waals surface area contributed by atoms with Crippen LogP contribution in [0.25, 0.3) is 0 Å². The molecule has 1 aromatic rings. The van der Waals surface area contributed by atoms with E-state index in [2.05, 4.69) is 0 Å². The van der Waals surface area contributed by atoms with Crippen molar-refractivity contribution in [3.05, 3.63) is 29.8 Å². The van der Waals surface area contributed by atoms with Crippen molar-refractivity contribution in [3.8, 4) is 5.75 Å². The molecule has 22 heavy (non-hydrogen) atoms. The zero-order valence-electron chi connectivity index (χ0n) is 13.8. The Hall–Kier alpha value is -1.71. The minimum absolute atomic E-state index is 0.168. The van der Waals surface area contributed by atoms with E-state index in [4.69, 9.17) is 4.74 Å². The van der Waals surface area contributed by atoms with Crippen molar-refractivity contribution in [1.29, 1.82) is 0 Å². The zero-order valence-corrected chi connectivity index (χ0v) is 13.8. The van der Waals surface area contributed by atoms with Crippen LogP contribution in [0.1, 0.15) is 52.0 Å². The van der Waals surface area contributed by atoms with Crippen LogP contribution in [-0.2, 0) is 11.2 Å². The number of rotatable bonds is 2. The number of hydrogen-bond acceptors (Lipinski definition) is 3. The Kier molecular flexibility index (Phi) is 5.33. The molecule has 2 rings (SSSR count). The highest BCUT2D eigenvalue weighted by Crippen LogP contribution is 2.23. The molecule has 1 saturated heterocycles. The fraction of sp³-hybridized carbons (Fsp3) is 0.611. The van der Waals surface area contributed by atoms with Crippen LogP contribution >= 0.6 is 0 Å². The van der Waals surface area contributed by atoms with E-state index < -0.39 is 5.60 Å². The molecule has 0 spiro atoms. The van der Waals surface area contributed by atoms with E-state index in [0.29, 0.717) is 0 Å². The van der Waals surface area contributed by atoms with Gasteiger partial charge in [-0.25, -0.2) is 4.79 Å². The first-order valence-electron chi connectivity index (χ1n) is 8.13. The van der Waals surface area contributed by atoms with Crippen molar-refractivity contribution >= 4 is 6.09 Å². The standard InChI is InChI=1S/C18H27NO3/c1-18(2,3)22-17(21)19-12-6-4-5-7-15(19)13-14-8-10-16(20)11-9-14/h8-11,15,20H,4-7,12-13H2,1-3H3. The number of amides is 1. The third-order valence-electron chi connectivity index (χ3n) is 3.91. The average Bonchev–Trinajstić information content (AvgIpc) is 2.65. The van der Waals surface area contributed by atoms with E-state index in [1.807, 2.05) is 37.8 Å². The second-order valence-electron chi connectivity index (χ2n) is 7.05. The summed E-state index contributed by atoms with van der Waals surface area (Å²) in [6.07, 6.45) is 4.93. The van der Waals surface area contributed by atoms with Gasteiger partial charge in [-0.1, -0.05) is 25.0 Å². The molecule has 0 saturated carbocycles. The van der Waals surface area contributed by atoms with Crippen molar-refractivity contribution in [2.75, 3.05) is 6.54 Å². The van der Waals surface area contributed by atoms with Gasteiger partial charge in [0.05, 0.1) is 0 Å².